The van der Waals surface area contributed by atoms with Crippen molar-refractivity contribution in [1.82, 2.24) is 5.32 Å². The summed E-state index contributed by atoms with van der Waals surface area (Å²) in [5, 5.41) is 3.41. The largest absolute Gasteiger partial charge is 0.368 e. The quantitative estimate of drug-likeness (QED) is 0.629. The predicted octanol–water partition coefficient (Wildman–Crippen LogP) is 1.48. The number of nitrogens with one attached hydrogen (secondary N) is 1. The van der Waals surface area contributed by atoms with Crippen LogP contribution in [0.5, 0.6) is 0 Å². The van der Waals surface area contributed by atoms with Gasteiger partial charge in [0.15, 0.2) is 0 Å². The van der Waals surface area contributed by atoms with Gasteiger partial charge in [0.1, 0.15) is 5.60 Å². The number of allylic oxidation sites excluding steroid dienone is 1. The molecule has 12 heavy (non-hydrogen) atoms. The van der Waals surface area contributed by atoms with E-state index >= 15 is 0 Å². The first-order valence-electron chi connectivity index (χ1n) is 4.91. The van der Waals surface area contributed by atoms with Gasteiger partial charge in [-0.3, -0.25) is 0 Å². The van der Waals surface area contributed by atoms with E-state index in [0.29, 0.717) is 0 Å². The van der Waals surface area contributed by atoms with Gasteiger partial charge in [0.05, 0.1) is 6.61 Å². The molecule has 0 radical (unpaired) electrons. The van der Waals surface area contributed by atoms with Gasteiger partial charge in [0.2, 0.25) is 0 Å². The van der Waals surface area contributed by atoms with E-state index in [4.69, 9.17) is 4.74 Å². The average Bonchev–Trinajstić information content (AvgIpc) is 2.03. The lowest BCUT2D eigenvalue weighted by atomic mass is 9.80. The topological polar surface area (TPSA) is 21.3 Å². The third-order valence-corrected chi connectivity index (χ3v) is 3.03. The van der Waals surface area contributed by atoms with Crippen molar-refractivity contribution in [3.05, 3.63) is 11.6 Å². The zero-order chi connectivity index (χ0) is 8.44. The maximum atomic E-state index is 5.89. The molecule has 0 spiro atoms. The van der Waals surface area contributed by atoms with Crippen molar-refractivity contribution in [2.24, 2.45) is 0 Å². The fourth-order valence-corrected chi connectivity index (χ4v) is 2.02. The minimum Gasteiger partial charge on any atom is -0.368 e. The third kappa shape index (κ3) is 1.19. The van der Waals surface area contributed by atoms with Gasteiger partial charge in [0, 0.05) is 13.1 Å². The van der Waals surface area contributed by atoms with Crippen LogP contribution in [0.15, 0.2) is 11.6 Å². The van der Waals surface area contributed by atoms with E-state index in [1.165, 1.54) is 18.4 Å². The van der Waals surface area contributed by atoms with Gasteiger partial charge in [0.25, 0.3) is 0 Å². The van der Waals surface area contributed by atoms with Crippen molar-refractivity contribution >= 4 is 0 Å². The Hall–Kier alpha value is -0.340. The number of morpholine rings is 1. The molecule has 1 aliphatic carbocycles. The highest BCUT2D eigenvalue weighted by molar-refractivity contribution is 5.25. The van der Waals surface area contributed by atoms with Crippen LogP contribution < -0.4 is 5.32 Å². The van der Waals surface area contributed by atoms with Crippen LogP contribution in [0.1, 0.15) is 26.2 Å². The monoisotopic (exact) mass is 167 g/mol. The minimum atomic E-state index is 0.0660. The van der Waals surface area contributed by atoms with Crippen LogP contribution >= 0.6 is 0 Å². The van der Waals surface area contributed by atoms with Crippen molar-refractivity contribution in [2.75, 3.05) is 19.7 Å². The van der Waals surface area contributed by atoms with Gasteiger partial charge in [-0.1, -0.05) is 13.0 Å². The molecular weight excluding hydrogens is 150 g/mol. The second-order valence-corrected chi connectivity index (χ2v) is 3.64. The van der Waals surface area contributed by atoms with E-state index in [0.717, 1.165) is 26.1 Å². The summed E-state index contributed by atoms with van der Waals surface area (Å²) in [5.41, 5.74) is 1.59. The van der Waals surface area contributed by atoms with E-state index < -0.39 is 0 Å². The van der Waals surface area contributed by atoms with Crippen LogP contribution in [0.2, 0.25) is 0 Å². The molecule has 2 aliphatic rings. The Kier molecular flexibility index (Phi) is 2.20. The van der Waals surface area contributed by atoms with Gasteiger partial charge in [-0.15, -0.1) is 0 Å². The molecule has 1 N–H and O–H groups in total. The minimum absolute atomic E-state index is 0.0660. The molecule has 0 aromatic carbocycles. The standard InChI is InChI=1S/C10H17NO/c1-2-10(9-4-3-5-9)8-11-6-7-12-10/h4,11H,2-3,5-8H2,1H3. The summed E-state index contributed by atoms with van der Waals surface area (Å²) >= 11 is 0. The van der Waals surface area contributed by atoms with Crippen LogP contribution in [0.25, 0.3) is 0 Å². The number of hydrogen-bond acceptors (Lipinski definition) is 2. The molecule has 68 valence electrons. The molecule has 0 bridgehead atoms. The third-order valence-electron chi connectivity index (χ3n) is 3.03. The lowest BCUT2D eigenvalue weighted by Gasteiger charge is -2.41. The Balaban J connectivity index is 2.11. The average molecular weight is 167 g/mol. The van der Waals surface area contributed by atoms with E-state index in [-0.39, 0.29) is 5.60 Å². The Bertz CT molecular complexity index is 192. The number of rotatable bonds is 2. The molecule has 2 heteroatoms. The van der Waals surface area contributed by atoms with Crippen LogP contribution in [0, 0.1) is 0 Å². The highest BCUT2D eigenvalue weighted by Crippen LogP contribution is 2.35. The van der Waals surface area contributed by atoms with Crippen molar-refractivity contribution in [2.45, 2.75) is 31.8 Å². The van der Waals surface area contributed by atoms with Gasteiger partial charge >= 0.3 is 0 Å². The Labute approximate surface area is 74.0 Å². The summed E-state index contributed by atoms with van der Waals surface area (Å²) in [4.78, 5) is 0. The van der Waals surface area contributed by atoms with Crippen molar-refractivity contribution in [3.8, 4) is 0 Å². The molecule has 1 atom stereocenters. The highest BCUT2D eigenvalue weighted by Gasteiger charge is 2.36. The van der Waals surface area contributed by atoms with Crippen LogP contribution in [0.3, 0.4) is 0 Å². The molecule has 0 aromatic rings. The molecule has 2 nitrogen and oxygen atoms in total. The van der Waals surface area contributed by atoms with E-state index in [2.05, 4.69) is 18.3 Å². The number of hydrogen-bond donors (Lipinski definition) is 1. The van der Waals surface area contributed by atoms with Crippen molar-refractivity contribution < 1.29 is 4.74 Å². The first-order chi connectivity index (χ1) is 5.87. The highest BCUT2D eigenvalue weighted by atomic mass is 16.5. The molecule has 1 unspecified atom stereocenters. The first kappa shape index (κ1) is 8.27. The van der Waals surface area contributed by atoms with Crippen LogP contribution in [0.4, 0.5) is 0 Å². The smallest absolute Gasteiger partial charge is 0.101 e. The summed E-state index contributed by atoms with van der Waals surface area (Å²) in [7, 11) is 0. The molecule has 0 aromatic heterocycles. The van der Waals surface area contributed by atoms with Gasteiger partial charge in [-0.25, -0.2) is 0 Å². The van der Waals surface area contributed by atoms with Crippen LogP contribution in [-0.4, -0.2) is 25.3 Å². The second kappa shape index (κ2) is 3.19. The van der Waals surface area contributed by atoms with Gasteiger partial charge < -0.3 is 10.1 Å². The zero-order valence-electron chi connectivity index (χ0n) is 7.73. The van der Waals surface area contributed by atoms with E-state index in [9.17, 15) is 0 Å². The van der Waals surface area contributed by atoms with Gasteiger partial charge in [-0.05, 0) is 24.8 Å². The van der Waals surface area contributed by atoms with E-state index in [1.807, 2.05) is 0 Å². The summed E-state index contributed by atoms with van der Waals surface area (Å²) < 4.78 is 5.89. The summed E-state index contributed by atoms with van der Waals surface area (Å²) in [6, 6.07) is 0. The predicted molar refractivity (Wildman–Crippen MR) is 49.2 cm³/mol. The zero-order valence-corrected chi connectivity index (χ0v) is 7.73. The molecular formula is C10H17NO. The molecule has 0 amide bonds. The lowest BCUT2D eigenvalue weighted by Crippen LogP contribution is -2.51. The van der Waals surface area contributed by atoms with Crippen molar-refractivity contribution in [1.29, 1.82) is 0 Å². The Morgan fingerprint density at radius 1 is 1.67 bits per heavy atom. The summed E-state index contributed by atoms with van der Waals surface area (Å²) in [6.45, 7) is 5.10. The van der Waals surface area contributed by atoms with Gasteiger partial charge in [-0.2, -0.15) is 0 Å². The maximum absolute atomic E-state index is 5.89. The molecule has 0 saturated carbocycles. The fourth-order valence-electron chi connectivity index (χ4n) is 2.02. The normalized spacial score (nSPS) is 35.6. The summed E-state index contributed by atoms with van der Waals surface area (Å²) in [5.74, 6) is 0. The number of ether oxygens (including phenoxy) is 1. The molecule has 1 heterocycles. The van der Waals surface area contributed by atoms with Crippen LogP contribution in [-0.2, 0) is 4.74 Å². The SMILES string of the molecule is CCC1(C2=CCC2)CNCCO1. The Morgan fingerprint density at radius 3 is 2.92 bits per heavy atom. The first-order valence-corrected chi connectivity index (χ1v) is 4.91. The maximum Gasteiger partial charge on any atom is 0.101 e. The molecule has 1 saturated heterocycles. The van der Waals surface area contributed by atoms with E-state index in [1.54, 1.807) is 0 Å². The second-order valence-electron chi connectivity index (χ2n) is 3.64. The van der Waals surface area contributed by atoms with Crippen molar-refractivity contribution in [3.63, 3.8) is 0 Å². The lowest BCUT2D eigenvalue weighted by molar-refractivity contribution is -0.0455. The molecule has 1 aliphatic heterocycles. The Morgan fingerprint density at radius 2 is 2.50 bits per heavy atom. The molecule has 1 fully saturated rings. The summed E-state index contributed by atoms with van der Waals surface area (Å²) in [6.07, 6.45) is 5.93. The molecule has 2 rings (SSSR count). The fraction of sp³-hybridized carbons (Fsp3) is 0.800.